The van der Waals surface area contributed by atoms with Crippen molar-refractivity contribution >= 4 is 45.5 Å². The highest BCUT2D eigenvalue weighted by Gasteiger charge is 2.19. The lowest BCUT2D eigenvalue weighted by molar-refractivity contribution is 0.100. The van der Waals surface area contributed by atoms with Crippen LogP contribution in [-0.2, 0) is 13.5 Å². The molecule has 3 aromatic heterocycles. The SMILES string of the molecule is C=C/C(=N\c1c(C(N)=O)c(N)nn1C)C(C)C.CCc1nc2cccc(C#Cc3cncs3)c2c(=O)n1-c1ccccc1. The first-order chi connectivity index (χ1) is 20.7. The van der Waals surface area contributed by atoms with Crippen LogP contribution in [0, 0.1) is 17.8 Å². The Morgan fingerprint density at radius 2 is 1.91 bits per heavy atom. The molecule has 0 fully saturated rings. The van der Waals surface area contributed by atoms with Crippen molar-refractivity contribution in [1.82, 2.24) is 24.3 Å². The van der Waals surface area contributed by atoms with Gasteiger partial charge in [-0.05, 0) is 42.2 Å². The van der Waals surface area contributed by atoms with Crippen LogP contribution in [0.3, 0.4) is 0 Å². The van der Waals surface area contributed by atoms with Crippen LogP contribution >= 0.6 is 11.3 Å². The Hall–Kier alpha value is -5.34. The summed E-state index contributed by atoms with van der Waals surface area (Å²) in [5, 5.41) is 4.48. The molecule has 0 saturated carbocycles. The van der Waals surface area contributed by atoms with Gasteiger partial charge in [-0.1, -0.05) is 57.5 Å². The number of rotatable bonds is 6. The number of fused-ring (bicyclic) bond motifs is 1. The summed E-state index contributed by atoms with van der Waals surface area (Å²) in [6.07, 6.45) is 4.02. The molecule has 0 aliphatic rings. The maximum Gasteiger partial charge on any atom is 0.267 e. The molecule has 0 unspecified atom stereocenters. The molecule has 43 heavy (non-hydrogen) atoms. The second kappa shape index (κ2) is 13.5. The van der Waals surface area contributed by atoms with E-state index < -0.39 is 5.91 Å². The second-order valence-electron chi connectivity index (χ2n) is 9.64. The van der Waals surface area contributed by atoms with Gasteiger partial charge in [0.1, 0.15) is 11.4 Å². The Labute approximate surface area is 253 Å². The van der Waals surface area contributed by atoms with Gasteiger partial charge >= 0.3 is 0 Å². The van der Waals surface area contributed by atoms with E-state index in [0.29, 0.717) is 28.7 Å². The molecule has 0 atom stereocenters. The summed E-state index contributed by atoms with van der Waals surface area (Å²) in [5.41, 5.74) is 15.6. The molecule has 0 aliphatic heterocycles. The minimum absolute atomic E-state index is 0.0888. The molecule has 1 amide bonds. The van der Waals surface area contributed by atoms with Crippen LogP contribution in [-0.4, -0.2) is 35.9 Å². The molecule has 0 radical (unpaired) electrons. The molecular weight excluding hydrogens is 560 g/mol. The van der Waals surface area contributed by atoms with Crippen LogP contribution in [0.2, 0.25) is 0 Å². The highest BCUT2D eigenvalue weighted by Crippen LogP contribution is 2.24. The maximum atomic E-state index is 13.3. The Morgan fingerprint density at radius 1 is 1.16 bits per heavy atom. The number of carbonyl (C=O) groups excluding carboxylic acids is 1. The van der Waals surface area contributed by atoms with Crippen molar-refractivity contribution in [3.8, 4) is 17.5 Å². The van der Waals surface area contributed by atoms with Gasteiger partial charge in [0, 0.05) is 24.7 Å². The van der Waals surface area contributed by atoms with Gasteiger partial charge in [0.15, 0.2) is 11.6 Å². The molecule has 0 bridgehead atoms. The Balaban J connectivity index is 0.000000217. The number of anilines is 1. The Morgan fingerprint density at radius 3 is 2.51 bits per heavy atom. The van der Waals surface area contributed by atoms with Crippen LogP contribution in [0.5, 0.6) is 0 Å². The molecule has 0 spiro atoms. The third-order valence-corrected chi connectivity index (χ3v) is 7.06. The topological polar surface area (TPSA) is 147 Å². The summed E-state index contributed by atoms with van der Waals surface area (Å²) in [7, 11) is 1.66. The zero-order valence-electron chi connectivity index (χ0n) is 24.4. The fraction of sp³-hybridized carbons (Fsp3) is 0.188. The highest BCUT2D eigenvalue weighted by atomic mass is 32.1. The van der Waals surface area contributed by atoms with Crippen LogP contribution in [0.15, 0.2) is 82.7 Å². The number of allylic oxidation sites excluding steroid dienone is 1. The van der Waals surface area contributed by atoms with Crippen molar-refractivity contribution in [2.45, 2.75) is 27.2 Å². The summed E-state index contributed by atoms with van der Waals surface area (Å²) in [6.45, 7) is 9.63. The molecule has 5 aromatic rings. The fourth-order valence-electron chi connectivity index (χ4n) is 4.30. The lowest BCUT2D eigenvalue weighted by atomic mass is 10.1. The number of thiazole rings is 1. The lowest BCUT2D eigenvalue weighted by Gasteiger charge is -2.13. The van der Waals surface area contributed by atoms with Gasteiger partial charge < -0.3 is 11.5 Å². The molecule has 0 aliphatic carbocycles. The van der Waals surface area contributed by atoms with Crippen LogP contribution in [0.25, 0.3) is 16.6 Å². The predicted molar refractivity (Wildman–Crippen MR) is 173 cm³/mol. The molecule has 2 aromatic carbocycles. The van der Waals surface area contributed by atoms with E-state index in [1.54, 1.807) is 29.4 Å². The Bertz CT molecular complexity index is 1930. The number of carbonyl (C=O) groups is 1. The van der Waals surface area contributed by atoms with Crippen molar-refractivity contribution in [1.29, 1.82) is 0 Å². The van der Waals surface area contributed by atoms with Crippen LogP contribution < -0.4 is 17.0 Å². The maximum absolute atomic E-state index is 13.3. The molecule has 10 nitrogen and oxygen atoms in total. The normalized spacial score (nSPS) is 11.0. The fourth-order valence-corrected chi connectivity index (χ4v) is 4.77. The number of aliphatic imine (C=N–C) groups is 1. The standard InChI is InChI=1S/C21H15N3OS.C11H17N5O/c1-2-19-23-18-10-6-7-15(11-12-17-13-22-14-26-17)20(18)21(25)24(19)16-8-4-3-5-9-16;1-5-7(6(2)3)14-11-8(10(13)17)9(12)15-16(11)4/h3-10,13-14H,2H2,1H3;5-6H,1H2,2-4H3,(H2,12,15)(H2,13,17)/b;14-7+. The van der Waals surface area contributed by atoms with Crippen LogP contribution in [0.1, 0.15) is 47.4 Å². The molecule has 11 heteroatoms. The number of hydrogen-bond acceptors (Lipinski definition) is 8. The first-order valence-electron chi connectivity index (χ1n) is 13.5. The van der Waals surface area contributed by atoms with Gasteiger partial charge in [0.2, 0.25) is 0 Å². The first kappa shape index (κ1) is 30.6. The number of primary amides is 1. The quantitative estimate of drug-likeness (QED) is 0.213. The van der Waals surface area contributed by atoms with Gasteiger partial charge in [-0.25, -0.2) is 14.7 Å². The monoisotopic (exact) mass is 592 g/mol. The molecular formula is C32H32N8O2S. The number of benzene rings is 2. The molecule has 0 saturated heterocycles. The van der Waals surface area contributed by atoms with Gasteiger partial charge in [0.05, 0.1) is 33.2 Å². The number of hydrogen-bond donors (Lipinski definition) is 2. The van der Waals surface area contributed by atoms with E-state index in [1.807, 2.05) is 69.3 Å². The third kappa shape index (κ3) is 6.77. The largest absolute Gasteiger partial charge is 0.381 e. The van der Waals surface area contributed by atoms with Crippen LogP contribution in [0.4, 0.5) is 11.6 Å². The third-order valence-electron chi connectivity index (χ3n) is 6.38. The van der Waals surface area contributed by atoms with Crippen molar-refractivity contribution in [2.75, 3.05) is 5.73 Å². The zero-order chi connectivity index (χ0) is 31.1. The minimum Gasteiger partial charge on any atom is -0.381 e. The summed E-state index contributed by atoms with van der Waals surface area (Å²) in [5.74, 6) is 6.93. The second-order valence-corrected chi connectivity index (χ2v) is 10.5. The van der Waals surface area contributed by atoms with E-state index in [-0.39, 0.29) is 22.9 Å². The predicted octanol–water partition coefficient (Wildman–Crippen LogP) is 4.82. The number of nitrogens with two attached hydrogens (primary N) is 2. The van der Waals surface area contributed by atoms with E-state index in [0.717, 1.165) is 22.1 Å². The van der Waals surface area contributed by atoms with Gasteiger partial charge in [-0.3, -0.25) is 19.1 Å². The van der Waals surface area contributed by atoms with E-state index in [4.69, 9.17) is 16.5 Å². The van der Waals surface area contributed by atoms with E-state index in [1.165, 1.54) is 16.0 Å². The average molecular weight is 593 g/mol. The van der Waals surface area contributed by atoms with Crippen molar-refractivity contribution < 1.29 is 4.79 Å². The summed E-state index contributed by atoms with van der Waals surface area (Å²) in [6, 6.07) is 15.2. The minimum atomic E-state index is -0.637. The number of aromatic nitrogens is 5. The highest BCUT2D eigenvalue weighted by molar-refractivity contribution is 7.10. The van der Waals surface area contributed by atoms with Crippen molar-refractivity contribution in [3.63, 3.8) is 0 Å². The van der Waals surface area contributed by atoms with E-state index >= 15 is 0 Å². The molecule has 5 rings (SSSR count). The molecule has 3 heterocycles. The number of nitrogens with zero attached hydrogens (tertiary/aromatic N) is 6. The first-order valence-corrected chi connectivity index (χ1v) is 14.4. The van der Waals surface area contributed by atoms with Gasteiger partial charge in [0.25, 0.3) is 11.5 Å². The summed E-state index contributed by atoms with van der Waals surface area (Å²) < 4.78 is 3.11. The molecule has 218 valence electrons. The van der Waals surface area contributed by atoms with Gasteiger partial charge in [-0.2, -0.15) is 5.10 Å². The summed E-state index contributed by atoms with van der Waals surface area (Å²) >= 11 is 1.47. The van der Waals surface area contributed by atoms with Crippen molar-refractivity contribution in [3.05, 3.63) is 105 Å². The number of aryl methyl sites for hydroxylation is 2. The Kier molecular flexibility index (Phi) is 9.65. The molecule has 4 N–H and O–H groups in total. The number of nitrogen functional groups attached to an aromatic ring is 1. The van der Waals surface area contributed by atoms with Crippen molar-refractivity contribution in [2.24, 2.45) is 23.7 Å². The lowest BCUT2D eigenvalue weighted by Crippen LogP contribution is -2.24. The van der Waals surface area contributed by atoms with E-state index in [9.17, 15) is 9.59 Å². The number of amides is 1. The average Bonchev–Trinajstić information content (AvgIpc) is 3.61. The number of para-hydroxylation sites is 1. The summed E-state index contributed by atoms with van der Waals surface area (Å²) in [4.78, 5) is 38.6. The van der Waals surface area contributed by atoms with E-state index in [2.05, 4.69) is 33.5 Å². The smallest absolute Gasteiger partial charge is 0.267 e. The zero-order valence-corrected chi connectivity index (χ0v) is 25.2. The van der Waals surface area contributed by atoms with Gasteiger partial charge in [-0.15, -0.1) is 11.3 Å².